The lowest BCUT2D eigenvalue weighted by atomic mass is 9.95. The zero-order valence-electron chi connectivity index (χ0n) is 48.7. The second-order valence-corrected chi connectivity index (χ2v) is 22.2. The van der Waals surface area contributed by atoms with Gasteiger partial charge in [-0.1, -0.05) is 82.1 Å². The second kappa shape index (κ2) is 35.7. The predicted molar refractivity (Wildman–Crippen MR) is 296 cm³/mol. The van der Waals surface area contributed by atoms with Crippen LogP contribution in [-0.4, -0.2) is 166 Å². The van der Waals surface area contributed by atoms with E-state index in [0.29, 0.717) is 25.7 Å². The monoisotopic (exact) mass is 1150 g/mol. The Morgan fingerprint density at radius 2 is 1.01 bits per heavy atom. The Bertz CT molecular complexity index is 2200. The summed E-state index contributed by atoms with van der Waals surface area (Å²) in [5, 5.41) is 39.5. The Balaban J connectivity index is 3.53. The maximum absolute atomic E-state index is 14.6. The highest BCUT2D eigenvalue weighted by atomic mass is 16.4. The van der Waals surface area contributed by atoms with E-state index in [1.54, 1.807) is 69.2 Å². The molecule has 460 valence electrons. The summed E-state index contributed by atoms with van der Waals surface area (Å²) in [6.45, 7) is 17.6. The van der Waals surface area contributed by atoms with Crippen LogP contribution in [0.3, 0.4) is 0 Å². The summed E-state index contributed by atoms with van der Waals surface area (Å²) >= 11 is 0. The summed E-state index contributed by atoms with van der Waals surface area (Å²) in [5.74, 6) is -14.2. The number of carboxylic acid groups (broad SMARTS) is 2. The van der Waals surface area contributed by atoms with Crippen molar-refractivity contribution < 1.29 is 72.5 Å². The summed E-state index contributed by atoms with van der Waals surface area (Å²) in [4.78, 5) is 174. The third-order valence-electron chi connectivity index (χ3n) is 14.0. The third kappa shape index (κ3) is 25.2. The van der Waals surface area contributed by atoms with Crippen LogP contribution in [-0.2, 0) is 62.3 Å². The van der Waals surface area contributed by atoms with Gasteiger partial charge in [-0.3, -0.25) is 57.5 Å². The predicted octanol–water partition coefficient (Wildman–Crippen LogP) is -2.15. The van der Waals surface area contributed by atoms with Crippen LogP contribution < -0.4 is 65.5 Å². The molecule has 12 atom stereocenters. The zero-order chi connectivity index (χ0) is 62.0. The number of hydrogen-bond acceptors (Lipinski definition) is 15. The van der Waals surface area contributed by atoms with Crippen LogP contribution >= 0.6 is 0 Å². The van der Waals surface area contributed by atoms with Gasteiger partial charge in [0.2, 0.25) is 65.0 Å². The van der Waals surface area contributed by atoms with Crippen molar-refractivity contribution in [1.82, 2.24) is 47.4 Å². The van der Waals surface area contributed by atoms with E-state index in [1.807, 2.05) is 0 Å². The van der Waals surface area contributed by atoms with E-state index in [-0.39, 0.29) is 69.4 Å². The number of nitrogens with two attached hydrogens (primary N) is 4. The first-order valence-corrected chi connectivity index (χ1v) is 28.0. The Morgan fingerprint density at radius 1 is 0.531 bits per heavy atom. The van der Waals surface area contributed by atoms with Crippen molar-refractivity contribution >= 4 is 76.9 Å². The van der Waals surface area contributed by atoms with Crippen LogP contribution in [0.1, 0.15) is 153 Å². The molecule has 0 aromatic heterocycles. The maximum atomic E-state index is 14.6. The van der Waals surface area contributed by atoms with Gasteiger partial charge >= 0.3 is 11.9 Å². The summed E-state index contributed by atoms with van der Waals surface area (Å²) in [6, 6.07) is -13.6. The first-order chi connectivity index (χ1) is 37.8. The van der Waals surface area contributed by atoms with Crippen LogP contribution in [0.5, 0.6) is 0 Å². The van der Waals surface area contributed by atoms with Crippen molar-refractivity contribution in [1.29, 1.82) is 0 Å². The fourth-order valence-electron chi connectivity index (χ4n) is 8.86. The molecule has 28 nitrogen and oxygen atoms in total. The minimum atomic E-state index is -1.67. The average Bonchev–Trinajstić information content (AvgIpc) is 3.88. The van der Waals surface area contributed by atoms with Crippen LogP contribution in [0.15, 0.2) is 0 Å². The number of unbranched alkanes of at least 4 members (excludes halogenated alkanes) is 1. The number of primary amides is 2. The Labute approximate surface area is 474 Å². The largest absolute Gasteiger partial charge is 0.481 e. The topological polar surface area (TPSA) is 466 Å². The summed E-state index contributed by atoms with van der Waals surface area (Å²) in [6.07, 6.45) is -0.249. The van der Waals surface area contributed by atoms with Crippen molar-refractivity contribution in [3.05, 3.63) is 0 Å². The van der Waals surface area contributed by atoms with Crippen molar-refractivity contribution in [2.45, 2.75) is 213 Å². The van der Waals surface area contributed by atoms with Gasteiger partial charge in [-0.05, 0) is 87.5 Å². The molecule has 0 aliphatic carbocycles. The summed E-state index contributed by atoms with van der Waals surface area (Å²) in [7, 11) is 0. The van der Waals surface area contributed by atoms with E-state index in [1.165, 1.54) is 4.90 Å². The molecule has 0 bridgehead atoms. The number of nitrogens with zero attached hydrogens (tertiary/aromatic N) is 1. The average molecular weight is 1150 g/mol. The standard InChI is InChI=1S/C53H93N13O15/c1-11-29(9)41(57)49(76)61-34(25-40(69)70)47(74)58-31(16-13-14-20-54)44(71)59-32(18-19-38(55)67)45(72)60-33(22-26(3)4)46(73)62-35(23-27(5)6)52(79)66-21-15-17-37(66)48(75)65-43(30(10)12-2)51(78)64-42(28(7)8)50(77)63-36(53(80)81)24-39(56)68/h26-37,41-43H,11-25,54,57H2,1-10H3,(H2,55,67)(H2,56,68)(H,58,74)(H,59,71)(H,60,72)(H,61,76)(H,62,73)(H,63,77)(H,64,78)(H,65,75)(H,69,70)(H,80,81)/t29-,30-,31-,32-,33-,34-,35-,36-,37-,41-,42-,43-/m0/s1. The first-order valence-electron chi connectivity index (χ1n) is 28.0. The van der Waals surface area contributed by atoms with Gasteiger partial charge in [-0.2, -0.15) is 0 Å². The van der Waals surface area contributed by atoms with E-state index in [4.69, 9.17) is 22.9 Å². The Kier molecular flexibility index (Phi) is 31.7. The van der Waals surface area contributed by atoms with E-state index >= 15 is 0 Å². The van der Waals surface area contributed by atoms with Crippen LogP contribution in [0.4, 0.5) is 0 Å². The van der Waals surface area contributed by atoms with Crippen LogP contribution in [0.25, 0.3) is 0 Å². The number of amides is 11. The Hall–Kier alpha value is -6.97. The molecule has 1 fully saturated rings. The van der Waals surface area contributed by atoms with Gasteiger partial charge in [0.15, 0.2) is 0 Å². The molecular formula is C53H93N13O15. The molecule has 0 radical (unpaired) electrons. The van der Waals surface area contributed by atoms with Gasteiger partial charge in [0, 0.05) is 13.0 Å². The highest BCUT2D eigenvalue weighted by Gasteiger charge is 2.42. The molecule has 28 heteroatoms. The normalized spacial score (nSPS) is 17.3. The molecule has 1 saturated heterocycles. The molecular weight excluding hydrogens is 1060 g/mol. The molecule has 81 heavy (non-hydrogen) atoms. The lowest BCUT2D eigenvalue weighted by Gasteiger charge is -2.33. The number of carboxylic acids is 2. The molecule has 0 saturated carbocycles. The van der Waals surface area contributed by atoms with Gasteiger partial charge in [0.05, 0.1) is 18.9 Å². The number of rotatable bonds is 38. The SMILES string of the molecule is CC[C@H](C)[C@H](N)C(=O)N[C@@H](CC(=O)O)C(=O)N[C@@H](CCCCN)C(=O)N[C@@H](CCC(N)=O)C(=O)N[C@@H](CC(C)C)C(=O)N[C@@H](CC(C)C)C(=O)N1CCC[C@H]1C(=O)N[C@H](C(=O)N[C@H](C(=O)N[C@@H](CC(N)=O)C(=O)O)C(C)C)[C@@H](C)CC. The molecule has 0 unspecified atom stereocenters. The van der Waals surface area contributed by atoms with Gasteiger partial charge in [-0.25, -0.2) is 4.79 Å². The smallest absolute Gasteiger partial charge is 0.326 e. The fraction of sp³-hybridized carbons (Fsp3) is 0.755. The van der Waals surface area contributed by atoms with Crippen molar-refractivity contribution in [2.75, 3.05) is 13.1 Å². The van der Waals surface area contributed by atoms with E-state index in [9.17, 15) is 72.5 Å². The number of carbonyl (C=O) groups is 13. The van der Waals surface area contributed by atoms with Gasteiger partial charge < -0.3 is 80.6 Å². The minimum Gasteiger partial charge on any atom is -0.481 e. The van der Waals surface area contributed by atoms with E-state index < -0.39 is 168 Å². The highest BCUT2D eigenvalue weighted by Crippen LogP contribution is 2.22. The first kappa shape index (κ1) is 72.0. The van der Waals surface area contributed by atoms with Crippen LogP contribution in [0.2, 0.25) is 0 Å². The molecule has 1 aliphatic rings. The molecule has 1 aliphatic heterocycles. The van der Waals surface area contributed by atoms with Gasteiger partial charge in [-0.15, -0.1) is 0 Å². The molecule has 1 rings (SSSR count). The zero-order valence-corrected chi connectivity index (χ0v) is 48.7. The minimum absolute atomic E-state index is 0.00640. The van der Waals surface area contributed by atoms with Gasteiger partial charge in [0.1, 0.15) is 54.4 Å². The van der Waals surface area contributed by atoms with E-state index in [0.717, 1.165) is 0 Å². The number of hydrogen-bond donors (Lipinski definition) is 14. The third-order valence-corrected chi connectivity index (χ3v) is 14.0. The second-order valence-electron chi connectivity index (χ2n) is 22.2. The Morgan fingerprint density at radius 3 is 1.51 bits per heavy atom. The summed E-state index contributed by atoms with van der Waals surface area (Å²) in [5.41, 5.74) is 22.4. The number of likely N-dealkylation sites (tertiary alicyclic amines) is 1. The number of carbonyl (C=O) groups excluding carboxylic acids is 11. The number of nitrogens with one attached hydrogen (secondary N) is 8. The lowest BCUT2D eigenvalue weighted by molar-refractivity contribution is -0.144. The highest BCUT2D eigenvalue weighted by molar-refractivity contribution is 5.99. The lowest BCUT2D eigenvalue weighted by Crippen LogP contribution is -2.61. The van der Waals surface area contributed by atoms with Crippen molar-refractivity contribution in [3.8, 4) is 0 Å². The van der Waals surface area contributed by atoms with Crippen molar-refractivity contribution in [3.63, 3.8) is 0 Å². The molecule has 18 N–H and O–H groups in total. The molecule has 0 aromatic carbocycles. The molecule has 0 spiro atoms. The molecule has 11 amide bonds. The quantitative estimate of drug-likeness (QED) is 0.0293. The van der Waals surface area contributed by atoms with Gasteiger partial charge in [0.25, 0.3) is 0 Å². The maximum Gasteiger partial charge on any atom is 0.326 e. The number of aliphatic carboxylic acids is 2. The molecule has 1 heterocycles. The fourth-order valence-corrected chi connectivity index (χ4v) is 8.86. The molecule has 0 aromatic rings. The van der Waals surface area contributed by atoms with Crippen LogP contribution in [0, 0.1) is 29.6 Å². The van der Waals surface area contributed by atoms with Crippen molar-refractivity contribution in [2.24, 2.45) is 52.5 Å². The van der Waals surface area contributed by atoms with E-state index in [2.05, 4.69) is 42.5 Å². The summed E-state index contributed by atoms with van der Waals surface area (Å²) < 4.78 is 0.